The minimum atomic E-state index is -0.0158. The summed E-state index contributed by atoms with van der Waals surface area (Å²) < 4.78 is 0. The molecule has 1 aromatic rings. The summed E-state index contributed by atoms with van der Waals surface area (Å²) in [4.78, 5) is 28.8. The van der Waals surface area contributed by atoms with Gasteiger partial charge in [-0.1, -0.05) is 0 Å². The van der Waals surface area contributed by atoms with E-state index in [1.165, 1.54) is 0 Å². The number of nitrogen functional groups attached to an aromatic ring is 1. The van der Waals surface area contributed by atoms with Gasteiger partial charge in [-0.3, -0.25) is 10.2 Å². The van der Waals surface area contributed by atoms with Crippen molar-refractivity contribution in [2.75, 3.05) is 47.9 Å². The summed E-state index contributed by atoms with van der Waals surface area (Å²) in [5.74, 6) is 6.88. The molecular formula is C12H20N8O. The third-order valence-corrected chi connectivity index (χ3v) is 3.67. The van der Waals surface area contributed by atoms with Crippen LogP contribution in [0, 0.1) is 0 Å². The van der Waals surface area contributed by atoms with Crippen LogP contribution in [0.2, 0.25) is 0 Å². The van der Waals surface area contributed by atoms with Crippen LogP contribution in [0.1, 0.15) is 19.3 Å². The van der Waals surface area contributed by atoms with Crippen molar-refractivity contribution in [1.82, 2.24) is 20.3 Å². The van der Waals surface area contributed by atoms with E-state index in [-0.39, 0.29) is 12.5 Å². The van der Waals surface area contributed by atoms with Crippen LogP contribution in [-0.2, 0) is 4.79 Å². The number of amides is 1. The molecule has 0 unspecified atom stereocenters. The molecule has 9 nitrogen and oxygen atoms in total. The quantitative estimate of drug-likeness (QED) is 0.484. The second-order valence-corrected chi connectivity index (χ2v) is 5.22. The Hall–Kier alpha value is -2.16. The fourth-order valence-electron chi connectivity index (χ4n) is 2.60. The fraction of sp³-hybridized carbons (Fsp3) is 0.667. The number of hydrogen-bond acceptors (Lipinski definition) is 8. The fourth-order valence-corrected chi connectivity index (χ4v) is 2.60. The van der Waals surface area contributed by atoms with Gasteiger partial charge in [0, 0.05) is 26.2 Å². The maximum atomic E-state index is 11.7. The van der Waals surface area contributed by atoms with Gasteiger partial charge in [0.15, 0.2) is 0 Å². The molecule has 0 saturated carbocycles. The molecule has 0 atom stereocenters. The largest absolute Gasteiger partial charge is 0.354 e. The zero-order valence-corrected chi connectivity index (χ0v) is 11.9. The molecule has 4 N–H and O–H groups in total. The van der Waals surface area contributed by atoms with E-state index in [1.54, 1.807) is 0 Å². The molecule has 0 aliphatic carbocycles. The molecule has 114 valence electrons. The van der Waals surface area contributed by atoms with Gasteiger partial charge in [-0.05, 0) is 19.3 Å². The standard InChI is InChI=1S/C12H20N8O/c13-18-10-15-11(19-5-1-2-6-19)17-12(16-10)20-7-3-4-14-9(21)8-20/h1-8,13H2,(H,14,21)(H,15,16,17,18). The normalized spacial score (nSPS) is 19.4. The Bertz CT molecular complexity index is 516. The number of hydrazine groups is 1. The lowest BCUT2D eigenvalue weighted by Crippen LogP contribution is -2.35. The summed E-state index contributed by atoms with van der Waals surface area (Å²) in [7, 11) is 0. The number of nitrogens with one attached hydrogen (secondary N) is 2. The second-order valence-electron chi connectivity index (χ2n) is 5.22. The lowest BCUT2D eigenvalue weighted by molar-refractivity contribution is -0.119. The van der Waals surface area contributed by atoms with Crippen LogP contribution in [0.25, 0.3) is 0 Å². The molecule has 21 heavy (non-hydrogen) atoms. The van der Waals surface area contributed by atoms with E-state index in [0.29, 0.717) is 24.4 Å². The molecular weight excluding hydrogens is 272 g/mol. The molecule has 0 spiro atoms. The molecule has 0 aromatic carbocycles. The Morgan fingerprint density at radius 1 is 1.00 bits per heavy atom. The Morgan fingerprint density at radius 3 is 2.38 bits per heavy atom. The molecule has 2 fully saturated rings. The van der Waals surface area contributed by atoms with Crippen molar-refractivity contribution in [2.24, 2.45) is 5.84 Å². The van der Waals surface area contributed by atoms with Crippen molar-refractivity contribution < 1.29 is 4.79 Å². The first-order valence-electron chi connectivity index (χ1n) is 7.25. The van der Waals surface area contributed by atoms with E-state index < -0.39 is 0 Å². The van der Waals surface area contributed by atoms with E-state index >= 15 is 0 Å². The van der Waals surface area contributed by atoms with Gasteiger partial charge in [-0.2, -0.15) is 15.0 Å². The lowest BCUT2D eigenvalue weighted by atomic mass is 10.4. The van der Waals surface area contributed by atoms with Gasteiger partial charge < -0.3 is 15.1 Å². The number of nitrogens with zero attached hydrogens (tertiary/aromatic N) is 5. The summed E-state index contributed by atoms with van der Waals surface area (Å²) in [6, 6.07) is 0. The highest BCUT2D eigenvalue weighted by Gasteiger charge is 2.22. The SMILES string of the molecule is NNc1nc(N2CCCC2)nc(N2CCCNC(=O)C2)n1. The van der Waals surface area contributed by atoms with Gasteiger partial charge in [0.25, 0.3) is 0 Å². The maximum Gasteiger partial charge on any atom is 0.243 e. The molecule has 0 bridgehead atoms. The number of anilines is 3. The van der Waals surface area contributed by atoms with Crippen LogP contribution in [-0.4, -0.2) is 53.6 Å². The lowest BCUT2D eigenvalue weighted by Gasteiger charge is -2.22. The summed E-state index contributed by atoms with van der Waals surface area (Å²) in [6.45, 7) is 3.54. The van der Waals surface area contributed by atoms with Gasteiger partial charge in [-0.25, -0.2) is 5.84 Å². The zero-order chi connectivity index (χ0) is 14.7. The molecule has 2 aliphatic rings. The van der Waals surface area contributed by atoms with Gasteiger partial charge in [0.1, 0.15) is 0 Å². The van der Waals surface area contributed by atoms with Crippen LogP contribution in [0.5, 0.6) is 0 Å². The number of aromatic nitrogens is 3. The second kappa shape index (κ2) is 6.08. The van der Waals surface area contributed by atoms with Gasteiger partial charge in [0.2, 0.25) is 23.8 Å². The number of hydrogen-bond donors (Lipinski definition) is 3. The Balaban J connectivity index is 1.89. The Labute approximate surface area is 122 Å². The Kier molecular flexibility index (Phi) is 4.00. The molecule has 9 heteroatoms. The summed E-state index contributed by atoms with van der Waals surface area (Å²) in [5.41, 5.74) is 2.48. The third-order valence-electron chi connectivity index (χ3n) is 3.67. The highest BCUT2D eigenvalue weighted by molar-refractivity contribution is 5.81. The number of nitrogens with two attached hydrogens (primary N) is 1. The maximum absolute atomic E-state index is 11.7. The third kappa shape index (κ3) is 3.13. The van der Waals surface area contributed by atoms with E-state index in [4.69, 9.17) is 5.84 Å². The van der Waals surface area contributed by atoms with Crippen LogP contribution < -0.4 is 26.4 Å². The summed E-state index contributed by atoms with van der Waals surface area (Å²) in [6.07, 6.45) is 3.14. The molecule has 3 rings (SSSR count). The van der Waals surface area contributed by atoms with Crippen LogP contribution in [0.4, 0.5) is 17.8 Å². The van der Waals surface area contributed by atoms with Crippen molar-refractivity contribution in [1.29, 1.82) is 0 Å². The molecule has 1 aromatic heterocycles. The highest BCUT2D eigenvalue weighted by atomic mass is 16.2. The topological polar surface area (TPSA) is 112 Å². The highest BCUT2D eigenvalue weighted by Crippen LogP contribution is 2.20. The van der Waals surface area contributed by atoms with Crippen molar-refractivity contribution >= 4 is 23.8 Å². The van der Waals surface area contributed by atoms with Crippen molar-refractivity contribution in [2.45, 2.75) is 19.3 Å². The first-order valence-corrected chi connectivity index (χ1v) is 7.25. The molecule has 2 saturated heterocycles. The summed E-state index contributed by atoms with van der Waals surface area (Å²) in [5, 5.41) is 2.84. The van der Waals surface area contributed by atoms with Gasteiger partial charge in [-0.15, -0.1) is 0 Å². The number of carbonyl (C=O) groups is 1. The predicted octanol–water partition coefficient (Wildman–Crippen LogP) is -0.916. The van der Waals surface area contributed by atoms with E-state index in [0.717, 1.165) is 38.9 Å². The summed E-state index contributed by atoms with van der Waals surface area (Å²) >= 11 is 0. The van der Waals surface area contributed by atoms with Crippen molar-refractivity contribution in [3.63, 3.8) is 0 Å². The van der Waals surface area contributed by atoms with Crippen molar-refractivity contribution in [3.05, 3.63) is 0 Å². The average Bonchev–Trinajstić information content (AvgIpc) is 2.96. The van der Waals surface area contributed by atoms with Crippen LogP contribution in [0.3, 0.4) is 0 Å². The Morgan fingerprint density at radius 2 is 1.67 bits per heavy atom. The van der Waals surface area contributed by atoms with Gasteiger partial charge >= 0.3 is 0 Å². The number of carbonyl (C=O) groups excluding carboxylic acids is 1. The average molecular weight is 292 g/mol. The predicted molar refractivity (Wildman–Crippen MR) is 78.9 cm³/mol. The molecule has 2 aliphatic heterocycles. The molecule has 1 amide bonds. The minimum Gasteiger partial charge on any atom is -0.354 e. The molecule has 3 heterocycles. The van der Waals surface area contributed by atoms with Crippen LogP contribution >= 0.6 is 0 Å². The minimum absolute atomic E-state index is 0.0158. The first kappa shape index (κ1) is 13.8. The van der Waals surface area contributed by atoms with E-state index in [2.05, 4.69) is 30.6 Å². The molecule has 0 radical (unpaired) electrons. The zero-order valence-electron chi connectivity index (χ0n) is 11.9. The number of rotatable bonds is 3. The van der Waals surface area contributed by atoms with Crippen LogP contribution in [0.15, 0.2) is 0 Å². The monoisotopic (exact) mass is 292 g/mol. The van der Waals surface area contributed by atoms with E-state index in [1.807, 2.05) is 4.90 Å². The first-order chi connectivity index (χ1) is 10.3. The van der Waals surface area contributed by atoms with Crippen molar-refractivity contribution in [3.8, 4) is 0 Å². The van der Waals surface area contributed by atoms with Gasteiger partial charge in [0.05, 0.1) is 6.54 Å². The smallest absolute Gasteiger partial charge is 0.243 e. The van der Waals surface area contributed by atoms with E-state index in [9.17, 15) is 4.79 Å².